The van der Waals surface area contributed by atoms with E-state index in [1.807, 2.05) is 0 Å². The van der Waals surface area contributed by atoms with E-state index in [-0.39, 0.29) is 6.61 Å². The van der Waals surface area contributed by atoms with Crippen molar-refractivity contribution in [1.82, 2.24) is 0 Å². The summed E-state index contributed by atoms with van der Waals surface area (Å²) in [5, 5.41) is 0. The second-order valence-electron chi connectivity index (χ2n) is 2.48. The largest absolute Gasteiger partial charge is 0.467 e. The lowest BCUT2D eigenvalue weighted by Crippen LogP contribution is -2.05. The molecule has 0 fully saturated rings. The quantitative estimate of drug-likeness (QED) is 0.767. The fraction of sp³-hybridized carbons (Fsp3) is 0.500. The summed E-state index contributed by atoms with van der Waals surface area (Å²) in [5.41, 5.74) is 6.15. The third-order valence-corrected chi connectivity index (χ3v) is 1.53. The van der Waals surface area contributed by atoms with E-state index >= 15 is 0 Å². The van der Waals surface area contributed by atoms with Crippen molar-refractivity contribution in [3.05, 3.63) is 23.7 Å². The molecule has 0 radical (unpaired) electrons. The Bertz CT molecular complexity index is 250. The number of furan rings is 1. The second-order valence-corrected chi connectivity index (χ2v) is 2.48. The van der Waals surface area contributed by atoms with Crippen LogP contribution in [0.5, 0.6) is 0 Å². The van der Waals surface area contributed by atoms with Gasteiger partial charge in [-0.15, -0.1) is 0 Å². The Morgan fingerprint density at radius 3 is 2.92 bits per heavy atom. The molecule has 0 amide bonds. The first kappa shape index (κ1) is 10.1. The van der Waals surface area contributed by atoms with Gasteiger partial charge in [0.1, 0.15) is 19.0 Å². The Balaban J connectivity index is 2.36. The predicted molar refractivity (Wildman–Crippen MR) is 42.3 cm³/mol. The van der Waals surface area contributed by atoms with Gasteiger partial charge in [-0.1, -0.05) is 0 Å². The van der Waals surface area contributed by atoms with Crippen LogP contribution in [0.3, 0.4) is 0 Å². The number of nitrogens with two attached hydrogens (primary N) is 1. The standard InChI is InChI=1S/C8H11F2NO2/c9-8(10)5-12-4-7-6(3-11)1-2-13-7/h1-2,8H,3-5,11H2. The first-order chi connectivity index (χ1) is 6.24. The van der Waals surface area contributed by atoms with Gasteiger partial charge in [0.2, 0.25) is 0 Å². The van der Waals surface area contributed by atoms with E-state index in [2.05, 4.69) is 4.74 Å². The summed E-state index contributed by atoms with van der Waals surface area (Å²) in [6.07, 6.45) is -0.986. The average molecular weight is 191 g/mol. The maximum absolute atomic E-state index is 11.7. The summed E-state index contributed by atoms with van der Waals surface area (Å²) in [5.74, 6) is 0.517. The molecule has 0 bridgehead atoms. The fourth-order valence-corrected chi connectivity index (χ4v) is 0.916. The zero-order valence-electron chi connectivity index (χ0n) is 7.00. The molecule has 0 atom stereocenters. The summed E-state index contributed by atoms with van der Waals surface area (Å²) >= 11 is 0. The highest BCUT2D eigenvalue weighted by Gasteiger charge is 2.07. The molecular formula is C8H11F2NO2. The molecule has 1 rings (SSSR count). The summed E-state index contributed by atoms with van der Waals surface area (Å²) in [4.78, 5) is 0. The van der Waals surface area contributed by atoms with Crippen LogP contribution in [-0.2, 0) is 17.9 Å². The van der Waals surface area contributed by atoms with Crippen molar-refractivity contribution < 1.29 is 17.9 Å². The lowest BCUT2D eigenvalue weighted by molar-refractivity contribution is 0.00425. The van der Waals surface area contributed by atoms with E-state index in [1.165, 1.54) is 6.26 Å². The highest BCUT2D eigenvalue weighted by molar-refractivity contribution is 5.15. The van der Waals surface area contributed by atoms with Crippen molar-refractivity contribution in [3.8, 4) is 0 Å². The van der Waals surface area contributed by atoms with Crippen LogP contribution in [0.2, 0.25) is 0 Å². The molecule has 0 aliphatic rings. The highest BCUT2D eigenvalue weighted by Crippen LogP contribution is 2.11. The number of halogens is 2. The van der Waals surface area contributed by atoms with Crippen LogP contribution in [0, 0.1) is 0 Å². The van der Waals surface area contributed by atoms with Gasteiger partial charge in [0, 0.05) is 12.1 Å². The van der Waals surface area contributed by atoms with E-state index in [9.17, 15) is 8.78 Å². The Morgan fingerprint density at radius 2 is 2.31 bits per heavy atom. The third kappa shape index (κ3) is 3.12. The monoisotopic (exact) mass is 191 g/mol. The Labute approximate surface area is 74.5 Å². The highest BCUT2D eigenvalue weighted by atomic mass is 19.3. The van der Waals surface area contributed by atoms with Gasteiger partial charge in [0.15, 0.2) is 0 Å². The van der Waals surface area contributed by atoms with E-state index in [0.29, 0.717) is 12.3 Å². The molecule has 0 spiro atoms. The van der Waals surface area contributed by atoms with Crippen LogP contribution >= 0.6 is 0 Å². The van der Waals surface area contributed by atoms with Gasteiger partial charge in [-0.25, -0.2) is 8.78 Å². The average Bonchev–Trinajstić information content (AvgIpc) is 2.51. The van der Waals surface area contributed by atoms with Crippen LogP contribution in [0.25, 0.3) is 0 Å². The number of alkyl halides is 2. The van der Waals surface area contributed by atoms with Crippen molar-refractivity contribution in [3.63, 3.8) is 0 Å². The van der Waals surface area contributed by atoms with E-state index < -0.39 is 13.0 Å². The zero-order valence-corrected chi connectivity index (χ0v) is 7.00. The molecule has 1 aromatic heterocycles. The molecule has 74 valence electrons. The number of hydrogen-bond donors (Lipinski definition) is 1. The van der Waals surface area contributed by atoms with E-state index in [0.717, 1.165) is 5.56 Å². The molecule has 3 nitrogen and oxygen atoms in total. The summed E-state index contributed by atoms with van der Waals surface area (Å²) in [6.45, 7) is -0.210. The van der Waals surface area contributed by atoms with Gasteiger partial charge in [0.25, 0.3) is 6.43 Å². The molecule has 0 aliphatic heterocycles. The summed E-state index contributed by atoms with van der Waals surface area (Å²) in [6, 6.07) is 1.70. The molecule has 0 aromatic carbocycles. The molecule has 0 aliphatic carbocycles. The molecule has 1 aromatic rings. The fourth-order valence-electron chi connectivity index (χ4n) is 0.916. The Kier molecular flexibility index (Phi) is 3.85. The van der Waals surface area contributed by atoms with Crippen molar-refractivity contribution in [2.75, 3.05) is 6.61 Å². The van der Waals surface area contributed by atoms with Crippen molar-refractivity contribution in [2.24, 2.45) is 5.73 Å². The third-order valence-electron chi connectivity index (χ3n) is 1.53. The van der Waals surface area contributed by atoms with Gasteiger partial charge < -0.3 is 14.9 Å². The normalized spacial score (nSPS) is 11.1. The molecular weight excluding hydrogens is 180 g/mol. The topological polar surface area (TPSA) is 48.4 Å². The molecule has 0 saturated carbocycles. The van der Waals surface area contributed by atoms with E-state index in [4.69, 9.17) is 10.2 Å². The minimum absolute atomic E-state index is 0.0455. The first-order valence-corrected chi connectivity index (χ1v) is 3.85. The smallest absolute Gasteiger partial charge is 0.261 e. The maximum Gasteiger partial charge on any atom is 0.261 e. The number of ether oxygens (including phenoxy) is 1. The van der Waals surface area contributed by atoms with Crippen LogP contribution in [0.4, 0.5) is 8.78 Å². The van der Waals surface area contributed by atoms with Crippen molar-refractivity contribution in [1.29, 1.82) is 0 Å². The Hall–Kier alpha value is -0.940. The van der Waals surface area contributed by atoms with Crippen LogP contribution in [-0.4, -0.2) is 13.0 Å². The molecule has 1 heterocycles. The van der Waals surface area contributed by atoms with Gasteiger partial charge in [-0.2, -0.15) is 0 Å². The van der Waals surface area contributed by atoms with Crippen molar-refractivity contribution in [2.45, 2.75) is 19.6 Å². The van der Waals surface area contributed by atoms with Gasteiger partial charge in [0.05, 0.1) is 6.26 Å². The molecule has 2 N–H and O–H groups in total. The molecule has 13 heavy (non-hydrogen) atoms. The Morgan fingerprint density at radius 1 is 1.54 bits per heavy atom. The molecule has 5 heteroatoms. The zero-order chi connectivity index (χ0) is 9.68. The minimum Gasteiger partial charge on any atom is -0.467 e. The lowest BCUT2D eigenvalue weighted by Gasteiger charge is -2.02. The van der Waals surface area contributed by atoms with Gasteiger partial charge in [-0.05, 0) is 6.07 Å². The van der Waals surface area contributed by atoms with Gasteiger partial charge >= 0.3 is 0 Å². The molecule has 0 unspecified atom stereocenters. The minimum atomic E-state index is -2.45. The number of rotatable bonds is 5. The van der Waals surface area contributed by atoms with Crippen LogP contribution in [0.1, 0.15) is 11.3 Å². The number of hydrogen-bond acceptors (Lipinski definition) is 3. The van der Waals surface area contributed by atoms with Crippen LogP contribution in [0.15, 0.2) is 16.7 Å². The first-order valence-electron chi connectivity index (χ1n) is 3.85. The SMILES string of the molecule is NCc1ccoc1COCC(F)F. The van der Waals surface area contributed by atoms with Crippen molar-refractivity contribution >= 4 is 0 Å². The summed E-state index contributed by atoms with van der Waals surface area (Å²) < 4.78 is 33.0. The van der Waals surface area contributed by atoms with Crippen LogP contribution < -0.4 is 5.73 Å². The molecule has 0 saturated heterocycles. The summed E-state index contributed by atoms with van der Waals surface area (Å²) in [7, 11) is 0. The second kappa shape index (κ2) is 4.94. The predicted octanol–water partition coefficient (Wildman–Crippen LogP) is 1.52. The lowest BCUT2D eigenvalue weighted by atomic mass is 10.2. The maximum atomic E-state index is 11.7. The van der Waals surface area contributed by atoms with E-state index in [1.54, 1.807) is 6.07 Å². The van der Waals surface area contributed by atoms with Gasteiger partial charge in [-0.3, -0.25) is 0 Å².